The molecule has 1 N–H and O–H groups in total. The molecule has 0 spiro atoms. The third-order valence-corrected chi connectivity index (χ3v) is 2.83. The van der Waals surface area contributed by atoms with Crippen molar-refractivity contribution in [3.8, 4) is 0 Å². The van der Waals surface area contributed by atoms with Gasteiger partial charge in [-0.2, -0.15) is 0 Å². The van der Waals surface area contributed by atoms with Crippen molar-refractivity contribution in [1.82, 2.24) is 5.32 Å². The summed E-state index contributed by atoms with van der Waals surface area (Å²) in [5.41, 5.74) is 0. The number of carbonyl (C=O) groups excluding carboxylic acids is 2. The van der Waals surface area contributed by atoms with E-state index in [9.17, 15) is 9.59 Å². The Labute approximate surface area is 79.3 Å². The first-order valence-corrected chi connectivity index (χ1v) is 4.88. The van der Waals surface area contributed by atoms with E-state index < -0.39 is 12.2 Å². The number of hydrogen-bond donors (Lipinski definition) is 1. The van der Waals surface area contributed by atoms with Crippen molar-refractivity contribution in [2.75, 3.05) is 0 Å². The van der Waals surface area contributed by atoms with E-state index in [2.05, 4.69) is 5.32 Å². The van der Waals surface area contributed by atoms with E-state index in [1.807, 2.05) is 0 Å². The standard InChI is InChI=1S/C7H13NO4Si/c1-3(12-13)5-6(10)8-7(5)11-4(2)9/h3,5,7H,1-2,13H3,(H,8,10)/t3-,5?,7?/m1/s1. The van der Waals surface area contributed by atoms with Crippen molar-refractivity contribution in [2.24, 2.45) is 5.92 Å². The third kappa shape index (κ3) is 2.07. The zero-order valence-electron chi connectivity index (χ0n) is 7.87. The molecule has 0 saturated carbocycles. The highest BCUT2D eigenvalue weighted by Crippen LogP contribution is 2.21. The van der Waals surface area contributed by atoms with E-state index in [4.69, 9.17) is 9.16 Å². The van der Waals surface area contributed by atoms with Gasteiger partial charge in [0.15, 0.2) is 6.23 Å². The fraction of sp³-hybridized carbons (Fsp3) is 0.714. The molecule has 2 unspecified atom stereocenters. The second-order valence-electron chi connectivity index (χ2n) is 3.01. The number of ether oxygens (including phenoxy) is 1. The average molecular weight is 203 g/mol. The molecule has 1 fully saturated rings. The Hall–Kier alpha value is -0.883. The van der Waals surface area contributed by atoms with Crippen LogP contribution in [-0.4, -0.2) is 34.7 Å². The van der Waals surface area contributed by atoms with Gasteiger partial charge in [-0.3, -0.25) is 9.59 Å². The number of hydrogen-bond acceptors (Lipinski definition) is 4. The number of esters is 1. The van der Waals surface area contributed by atoms with Gasteiger partial charge in [0.1, 0.15) is 16.4 Å². The molecule has 1 rings (SSSR count). The first-order chi connectivity index (χ1) is 6.06. The highest BCUT2D eigenvalue weighted by molar-refractivity contribution is 5.98. The molecule has 0 aromatic carbocycles. The highest BCUT2D eigenvalue weighted by atomic mass is 28.2. The Morgan fingerprint density at radius 3 is 2.69 bits per heavy atom. The fourth-order valence-corrected chi connectivity index (χ4v) is 1.55. The first kappa shape index (κ1) is 10.2. The van der Waals surface area contributed by atoms with Crippen LogP contribution < -0.4 is 5.32 Å². The molecule has 5 nitrogen and oxygen atoms in total. The van der Waals surface area contributed by atoms with Crippen molar-refractivity contribution in [3.05, 3.63) is 0 Å². The van der Waals surface area contributed by atoms with Crippen LogP contribution >= 0.6 is 0 Å². The Morgan fingerprint density at radius 1 is 1.69 bits per heavy atom. The molecular weight excluding hydrogens is 190 g/mol. The number of amides is 1. The summed E-state index contributed by atoms with van der Waals surface area (Å²) in [5, 5.41) is 2.49. The summed E-state index contributed by atoms with van der Waals surface area (Å²) in [6.07, 6.45) is -0.682. The molecule has 0 radical (unpaired) electrons. The third-order valence-electron chi connectivity index (χ3n) is 2.08. The first-order valence-electron chi connectivity index (χ1n) is 4.06. The van der Waals surface area contributed by atoms with Crippen molar-refractivity contribution >= 4 is 22.4 Å². The Kier molecular flexibility index (Phi) is 3.05. The number of carbonyl (C=O) groups is 2. The van der Waals surface area contributed by atoms with Gasteiger partial charge in [0.2, 0.25) is 5.91 Å². The van der Waals surface area contributed by atoms with Crippen molar-refractivity contribution in [2.45, 2.75) is 26.2 Å². The lowest BCUT2D eigenvalue weighted by Gasteiger charge is -2.38. The van der Waals surface area contributed by atoms with Crippen LogP contribution in [0.4, 0.5) is 0 Å². The van der Waals surface area contributed by atoms with Gasteiger partial charge in [0.05, 0.1) is 6.10 Å². The van der Waals surface area contributed by atoms with Crippen LogP contribution in [0.25, 0.3) is 0 Å². The predicted octanol–water partition coefficient (Wildman–Crippen LogP) is -1.69. The summed E-state index contributed by atoms with van der Waals surface area (Å²) in [5.74, 6) is -0.855. The minimum Gasteiger partial charge on any atom is -0.441 e. The summed E-state index contributed by atoms with van der Waals surface area (Å²) >= 11 is 0. The van der Waals surface area contributed by atoms with Crippen LogP contribution in [0, 0.1) is 5.92 Å². The second-order valence-corrected chi connectivity index (χ2v) is 3.48. The van der Waals surface area contributed by atoms with Crippen LogP contribution in [0.3, 0.4) is 0 Å². The molecule has 0 aromatic rings. The average Bonchev–Trinajstić information content (AvgIpc) is 2.02. The molecule has 13 heavy (non-hydrogen) atoms. The SMILES string of the molecule is CC(=O)OC1NC(=O)C1[C@@H](C)O[SiH3]. The second kappa shape index (κ2) is 3.88. The molecule has 0 aliphatic carbocycles. The maximum Gasteiger partial charge on any atom is 0.304 e. The van der Waals surface area contributed by atoms with Crippen molar-refractivity contribution < 1.29 is 18.8 Å². The van der Waals surface area contributed by atoms with E-state index in [0.717, 1.165) is 0 Å². The minimum absolute atomic E-state index is 0.116. The molecule has 3 atom stereocenters. The quantitative estimate of drug-likeness (QED) is 0.337. The lowest BCUT2D eigenvalue weighted by Crippen LogP contribution is -2.63. The van der Waals surface area contributed by atoms with Gasteiger partial charge in [-0.05, 0) is 6.92 Å². The van der Waals surface area contributed by atoms with Gasteiger partial charge in [-0.25, -0.2) is 0 Å². The Morgan fingerprint density at radius 2 is 2.31 bits per heavy atom. The molecule has 0 bridgehead atoms. The summed E-state index contributed by atoms with van der Waals surface area (Å²) in [7, 11) is 0.570. The van der Waals surface area contributed by atoms with E-state index >= 15 is 0 Å². The molecule has 1 aliphatic heterocycles. The largest absolute Gasteiger partial charge is 0.441 e. The van der Waals surface area contributed by atoms with Gasteiger partial charge in [0, 0.05) is 6.92 Å². The smallest absolute Gasteiger partial charge is 0.304 e. The van der Waals surface area contributed by atoms with E-state index in [1.165, 1.54) is 6.92 Å². The van der Waals surface area contributed by atoms with E-state index in [1.54, 1.807) is 6.92 Å². The molecule has 1 amide bonds. The minimum atomic E-state index is -0.506. The van der Waals surface area contributed by atoms with Crippen LogP contribution in [0.5, 0.6) is 0 Å². The van der Waals surface area contributed by atoms with Gasteiger partial charge >= 0.3 is 5.97 Å². The molecular formula is C7H13NO4Si. The van der Waals surface area contributed by atoms with Gasteiger partial charge < -0.3 is 14.5 Å². The predicted molar refractivity (Wildman–Crippen MR) is 47.7 cm³/mol. The molecule has 0 aromatic heterocycles. The lowest BCUT2D eigenvalue weighted by molar-refractivity contribution is -0.172. The highest BCUT2D eigenvalue weighted by Gasteiger charge is 2.45. The molecule has 1 heterocycles. The van der Waals surface area contributed by atoms with Crippen molar-refractivity contribution in [3.63, 3.8) is 0 Å². The Balaban J connectivity index is 2.50. The van der Waals surface area contributed by atoms with Crippen LogP contribution in [0.15, 0.2) is 0 Å². The molecule has 74 valence electrons. The van der Waals surface area contributed by atoms with E-state index in [-0.39, 0.29) is 17.9 Å². The Bertz CT molecular complexity index is 233. The maximum atomic E-state index is 11.1. The fourth-order valence-electron chi connectivity index (χ4n) is 1.25. The summed E-state index contributed by atoms with van der Waals surface area (Å²) < 4.78 is 9.98. The summed E-state index contributed by atoms with van der Waals surface area (Å²) in [6, 6.07) is 0. The summed E-state index contributed by atoms with van der Waals surface area (Å²) in [6.45, 7) is 3.11. The van der Waals surface area contributed by atoms with Crippen LogP contribution in [0.1, 0.15) is 13.8 Å². The van der Waals surface area contributed by atoms with Crippen LogP contribution in [-0.2, 0) is 18.8 Å². The van der Waals surface area contributed by atoms with Crippen molar-refractivity contribution in [1.29, 1.82) is 0 Å². The zero-order chi connectivity index (χ0) is 10.0. The maximum absolute atomic E-state index is 11.1. The molecule has 6 heteroatoms. The number of β-lactam (4-membered cyclic amide) rings is 1. The van der Waals surface area contributed by atoms with E-state index in [0.29, 0.717) is 10.5 Å². The summed E-state index contributed by atoms with van der Waals surface area (Å²) in [4.78, 5) is 21.7. The van der Waals surface area contributed by atoms with Gasteiger partial charge in [0.25, 0.3) is 0 Å². The zero-order valence-corrected chi connectivity index (χ0v) is 9.87. The molecule has 1 aliphatic rings. The topological polar surface area (TPSA) is 64.6 Å². The van der Waals surface area contributed by atoms with Crippen LogP contribution in [0.2, 0.25) is 0 Å². The monoisotopic (exact) mass is 203 g/mol. The molecule has 1 saturated heterocycles. The number of nitrogens with one attached hydrogen (secondary N) is 1. The van der Waals surface area contributed by atoms with Gasteiger partial charge in [-0.15, -0.1) is 0 Å². The number of rotatable bonds is 3. The normalized spacial score (nSPS) is 28.9. The van der Waals surface area contributed by atoms with Gasteiger partial charge in [-0.1, -0.05) is 0 Å². The lowest BCUT2D eigenvalue weighted by atomic mass is 9.93.